The Morgan fingerprint density at radius 2 is 2.29 bits per heavy atom. The Balaban J connectivity index is 1.81. The van der Waals surface area contributed by atoms with Gasteiger partial charge in [0.25, 0.3) is 0 Å². The number of nitrogens with zero attached hydrogens (tertiary/aromatic N) is 1. The van der Waals surface area contributed by atoms with Crippen LogP contribution in [-0.4, -0.2) is 4.98 Å². The SMILES string of the molecule is Cc1ccc2sc(NCc3ccoc3)nc2c1. The molecule has 1 N–H and O–H groups in total. The van der Waals surface area contributed by atoms with Crippen LogP contribution in [0.25, 0.3) is 10.2 Å². The largest absolute Gasteiger partial charge is 0.472 e. The van der Waals surface area contributed by atoms with Crippen molar-refractivity contribution in [3.05, 3.63) is 47.9 Å². The smallest absolute Gasteiger partial charge is 0.184 e. The molecule has 1 aromatic carbocycles. The molecule has 0 bridgehead atoms. The second kappa shape index (κ2) is 4.22. The van der Waals surface area contributed by atoms with Crippen LogP contribution in [0.3, 0.4) is 0 Å². The lowest BCUT2D eigenvalue weighted by atomic mass is 10.2. The molecular weight excluding hydrogens is 232 g/mol. The third-order valence-electron chi connectivity index (χ3n) is 2.57. The van der Waals surface area contributed by atoms with Gasteiger partial charge in [-0.3, -0.25) is 0 Å². The van der Waals surface area contributed by atoms with Crippen LogP contribution in [0.4, 0.5) is 5.13 Å². The molecule has 0 saturated heterocycles. The summed E-state index contributed by atoms with van der Waals surface area (Å²) in [6.45, 7) is 2.83. The number of hydrogen-bond acceptors (Lipinski definition) is 4. The molecule has 17 heavy (non-hydrogen) atoms. The first-order chi connectivity index (χ1) is 8.31. The molecule has 4 heteroatoms. The van der Waals surface area contributed by atoms with Crippen LogP contribution >= 0.6 is 11.3 Å². The molecule has 0 unspecified atom stereocenters. The number of hydrogen-bond donors (Lipinski definition) is 1. The van der Waals surface area contributed by atoms with Crippen molar-refractivity contribution < 1.29 is 4.42 Å². The van der Waals surface area contributed by atoms with Crippen molar-refractivity contribution in [2.75, 3.05) is 5.32 Å². The van der Waals surface area contributed by atoms with E-state index in [0.717, 1.165) is 22.8 Å². The van der Waals surface area contributed by atoms with Gasteiger partial charge in [0.1, 0.15) is 0 Å². The first-order valence-electron chi connectivity index (χ1n) is 5.43. The minimum atomic E-state index is 0.745. The van der Waals surface area contributed by atoms with Gasteiger partial charge in [0.2, 0.25) is 0 Å². The van der Waals surface area contributed by atoms with Crippen LogP contribution in [0.1, 0.15) is 11.1 Å². The molecule has 0 spiro atoms. The number of nitrogens with one attached hydrogen (secondary N) is 1. The lowest BCUT2D eigenvalue weighted by Crippen LogP contribution is -1.96. The summed E-state index contributed by atoms with van der Waals surface area (Å²) in [6.07, 6.45) is 3.42. The fraction of sp³-hybridized carbons (Fsp3) is 0.154. The zero-order valence-electron chi connectivity index (χ0n) is 9.43. The van der Waals surface area contributed by atoms with Gasteiger partial charge in [-0.1, -0.05) is 17.4 Å². The maximum absolute atomic E-state index is 5.02. The summed E-state index contributed by atoms with van der Waals surface area (Å²) in [5, 5.41) is 4.25. The highest BCUT2D eigenvalue weighted by Gasteiger charge is 2.03. The number of fused-ring (bicyclic) bond motifs is 1. The van der Waals surface area contributed by atoms with E-state index in [1.165, 1.54) is 10.3 Å². The molecule has 0 aliphatic carbocycles. The summed E-state index contributed by atoms with van der Waals surface area (Å²) < 4.78 is 6.23. The summed E-state index contributed by atoms with van der Waals surface area (Å²) >= 11 is 1.67. The quantitative estimate of drug-likeness (QED) is 0.761. The average molecular weight is 244 g/mol. The van der Waals surface area contributed by atoms with E-state index in [1.54, 1.807) is 23.9 Å². The fourth-order valence-electron chi connectivity index (χ4n) is 1.68. The standard InChI is InChI=1S/C13H12N2OS/c1-9-2-3-12-11(6-9)15-13(17-12)14-7-10-4-5-16-8-10/h2-6,8H,7H2,1H3,(H,14,15). The Bertz CT molecular complexity index is 628. The van der Waals surface area contributed by atoms with E-state index in [1.807, 2.05) is 6.07 Å². The highest BCUT2D eigenvalue weighted by molar-refractivity contribution is 7.22. The second-order valence-corrected chi connectivity index (χ2v) is 5.01. The number of aromatic nitrogens is 1. The van der Waals surface area contributed by atoms with E-state index in [2.05, 4.69) is 35.4 Å². The monoisotopic (exact) mass is 244 g/mol. The molecule has 0 saturated carbocycles. The first-order valence-corrected chi connectivity index (χ1v) is 6.25. The van der Waals surface area contributed by atoms with Gasteiger partial charge in [0, 0.05) is 12.1 Å². The Morgan fingerprint density at radius 3 is 3.12 bits per heavy atom. The van der Waals surface area contributed by atoms with E-state index >= 15 is 0 Å². The van der Waals surface area contributed by atoms with Crippen LogP contribution in [0, 0.1) is 6.92 Å². The highest BCUT2D eigenvalue weighted by Crippen LogP contribution is 2.26. The lowest BCUT2D eigenvalue weighted by Gasteiger charge is -1.97. The van der Waals surface area contributed by atoms with Gasteiger partial charge in [0.05, 0.1) is 22.7 Å². The molecule has 0 atom stereocenters. The van der Waals surface area contributed by atoms with Crippen LogP contribution in [0.15, 0.2) is 41.2 Å². The Morgan fingerprint density at radius 1 is 1.35 bits per heavy atom. The number of benzene rings is 1. The van der Waals surface area contributed by atoms with Crippen molar-refractivity contribution in [2.45, 2.75) is 13.5 Å². The summed E-state index contributed by atoms with van der Waals surface area (Å²) in [4.78, 5) is 4.55. The van der Waals surface area contributed by atoms with Gasteiger partial charge in [-0.15, -0.1) is 0 Å². The molecule has 0 aliphatic heterocycles. The molecule has 3 nitrogen and oxygen atoms in total. The van der Waals surface area contributed by atoms with Crippen molar-refractivity contribution in [1.29, 1.82) is 0 Å². The normalized spacial score (nSPS) is 10.9. The number of aryl methyl sites for hydroxylation is 1. The van der Waals surface area contributed by atoms with Crippen molar-refractivity contribution >= 4 is 26.7 Å². The van der Waals surface area contributed by atoms with Crippen molar-refractivity contribution in [3.63, 3.8) is 0 Å². The maximum atomic E-state index is 5.02. The second-order valence-electron chi connectivity index (χ2n) is 3.98. The third-order valence-corrected chi connectivity index (χ3v) is 3.56. The predicted octanol–water partition coefficient (Wildman–Crippen LogP) is 3.81. The molecular formula is C13H12N2OS. The van der Waals surface area contributed by atoms with Gasteiger partial charge >= 0.3 is 0 Å². The molecule has 0 fully saturated rings. The average Bonchev–Trinajstić information content (AvgIpc) is 2.94. The molecule has 86 valence electrons. The van der Waals surface area contributed by atoms with Crippen molar-refractivity contribution in [2.24, 2.45) is 0 Å². The molecule has 3 aromatic rings. The molecule has 2 heterocycles. The molecule has 0 aliphatic rings. The van der Waals surface area contributed by atoms with Crippen LogP contribution in [0.2, 0.25) is 0 Å². The van der Waals surface area contributed by atoms with Gasteiger partial charge < -0.3 is 9.73 Å². The Hall–Kier alpha value is -1.81. The van der Waals surface area contributed by atoms with Gasteiger partial charge in [-0.05, 0) is 30.7 Å². The topological polar surface area (TPSA) is 38.1 Å². The summed E-state index contributed by atoms with van der Waals surface area (Å²) in [7, 11) is 0. The van der Waals surface area contributed by atoms with Crippen LogP contribution in [0.5, 0.6) is 0 Å². The van der Waals surface area contributed by atoms with Gasteiger partial charge in [0.15, 0.2) is 5.13 Å². The van der Waals surface area contributed by atoms with E-state index in [0.29, 0.717) is 0 Å². The Labute approximate surface area is 103 Å². The maximum Gasteiger partial charge on any atom is 0.184 e. The number of furan rings is 1. The zero-order chi connectivity index (χ0) is 11.7. The van der Waals surface area contributed by atoms with Crippen molar-refractivity contribution in [1.82, 2.24) is 4.98 Å². The molecule has 0 amide bonds. The summed E-state index contributed by atoms with van der Waals surface area (Å²) in [5.74, 6) is 0. The fourth-order valence-corrected chi connectivity index (χ4v) is 2.53. The third kappa shape index (κ3) is 2.17. The Kier molecular flexibility index (Phi) is 2.57. The first kappa shape index (κ1) is 10.4. The lowest BCUT2D eigenvalue weighted by molar-refractivity contribution is 0.564. The van der Waals surface area contributed by atoms with E-state index in [4.69, 9.17) is 4.42 Å². The van der Waals surface area contributed by atoms with Crippen LogP contribution < -0.4 is 5.32 Å². The summed E-state index contributed by atoms with van der Waals surface area (Å²) in [5.41, 5.74) is 3.43. The minimum Gasteiger partial charge on any atom is -0.472 e. The van der Waals surface area contributed by atoms with E-state index < -0.39 is 0 Å². The summed E-state index contributed by atoms with van der Waals surface area (Å²) in [6, 6.07) is 8.28. The minimum absolute atomic E-state index is 0.745. The van der Waals surface area contributed by atoms with E-state index in [9.17, 15) is 0 Å². The number of rotatable bonds is 3. The molecule has 2 aromatic heterocycles. The van der Waals surface area contributed by atoms with E-state index in [-0.39, 0.29) is 0 Å². The van der Waals surface area contributed by atoms with Gasteiger partial charge in [-0.25, -0.2) is 4.98 Å². The highest BCUT2D eigenvalue weighted by atomic mass is 32.1. The van der Waals surface area contributed by atoms with Crippen molar-refractivity contribution in [3.8, 4) is 0 Å². The molecule has 0 radical (unpaired) electrons. The van der Waals surface area contributed by atoms with Gasteiger partial charge in [-0.2, -0.15) is 0 Å². The number of thiazole rings is 1. The number of anilines is 1. The zero-order valence-corrected chi connectivity index (χ0v) is 10.3. The van der Waals surface area contributed by atoms with Crippen LogP contribution in [-0.2, 0) is 6.54 Å². The predicted molar refractivity (Wildman–Crippen MR) is 70.4 cm³/mol. The molecule has 3 rings (SSSR count).